The van der Waals surface area contributed by atoms with Gasteiger partial charge in [0.15, 0.2) is 5.69 Å². The molecule has 2 aromatic heterocycles. The molecule has 2 heterocycles. The highest BCUT2D eigenvalue weighted by molar-refractivity contribution is 5.56. The second-order valence-electron chi connectivity index (χ2n) is 2.11. The van der Waals surface area contributed by atoms with Crippen LogP contribution in [0.2, 0.25) is 0 Å². The van der Waals surface area contributed by atoms with E-state index < -0.39 is 0 Å². The molecule has 0 saturated heterocycles. The number of aromatic hydroxyl groups is 1. The minimum atomic E-state index is 0.0406. The highest BCUT2D eigenvalue weighted by Gasteiger charge is 2.08. The Balaban J connectivity index is 2.55. The van der Waals surface area contributed by atoms with Crippen molar-refractivity contribution in [1.29, 1.82) is 0 Å². The molecule has 0 saturated carbocycles. The Labute approximate surface area is 67.3 Å². The van der Waals surface area contributed by atoms with E-state index in [0.717, 1.165) is 0 Å². The number of aromatic amines is 1. The molecule has 60 valence electrons. The minimum Gasteiger partial charge on any atom is -0.506 e. The van der Waals surface area contributed by atoms with Crippen molar-refractivity contribution in [2.24, 2.45) is 0 Å². The molecule has 0 unspecified atom stereocenters. The van der Waals surface area contributed by atoms with E-state index in [2.05, 4.69) is 25.6 Å². The SMILES string of the molecule is Oc1cccnc1-c1nn[nH]n1. The van der Waals surface area contributed by atoms with Gasteiger partial charge in [-0.15, -0.1) is 10.2 Å². The maximum Gasteiger partial charge on any atom is 0.226 e. The zero-order valence-corrected chi connectivity index (χ0v) is 5.97. The average molecular weight is 163 g/mol. The molecule has 0 radical (unpaired) electrons. The number of nitrogens with one attached hydrogen (secondary N) is 1. The second kappa shape index (κ2) is 2.57. The van der Waals surface area contributed by atoms with Crippen molar-refractivity contribution in [3.05, 3.63) is 18.3 Å². The van der Waals surface area contributed by atoms with E-state index in [1.807, 2.05) is 0 Å². The molecule has 0 aliphatic carbocycles. The summed E-state index contributed by atoms with van der Waals surface area (Å²) < 4.78 is 0. The first-order chi connectivity index (χ1) is 5.88. The highest BCUT2D eigenvalue weighted by atomic mass is 16.3. The van der Waals surface area contributed by atoms with Gasteiger partial charge in [0.2, 0.25) is 5.82 Å². The number of rotatable bonds is 1. The van der Waals surface area contributed by atoms with E-state index in [-0.39, 0.29) is 11.6 Å². The normalized spacial score (nSPS) is 10.0. The molecular weight excluding hydrogens is 158 g/mol. The maximum absolute atomic E-state index is 9.30. The van der Waals surface area contributed by atoms with Crippen LogP contribution >= 0.6 is 0 Å². The van der Waals surface area contributed by atoms with Gasteiger partial charge in [-0.2, -0.15) is 5.21 Å². The summed E-state index contributed by atoms with van der Waals surface area (Å²) in [6, 6.07) is 3.14. The van der Waals surface area contributed by atoms with Gasteiger partial charge in [-0.25, -0.2) is 4.98 Å². The summed E-state index contributed by atoms with van der Waals surface area (Å²) >= 11 is 0. The minimum absolute atomic E-state index is 0.0406. The standard InChI is InChI=1S/C6H5N5O/c12-4-2-1-3-7-5(4)6-8-10-11-9-6/h1-3,12H,(H,8,9,10,11). The molecule has 0 spiro atoms. The molecule has 0 aliphatic heterocycles. The van der Waals surface area contributed by atoms with Gasteiger partial charge in [-0.3, -0.25) is 0 Å². The maximum atomic E-state index is 9.30. The topological polar surface area (TPSA) is 87.6 Å². The van der Waals surface area contributed by atoms with Crippen LogP contribution in [0.5, 0.6) is 5.75 Å². The average Bonchev–Trinajstić information content (AvgIpc) is 2.57. The first kappa shape index (κ1) is 6.71. The lowest BCUT2D eigenvalue weighted by atomic mass is 10.3. The summed E-state index contributed by atoms with van der Waals surface area (Å²) in [5.74, 6) is 0.326. The van der Waals surface area contributed by atoms with Crippen LogP contribution < -0.4 is 0 Å². The van der Waals surface area contributed by atoms with E-state index in [4.69, 9.17) is 0 Å². The Morgan fingerprint density at radius 3 is 3.00 bits per heavy atom. The number of H-pyrrole nitrogens is 1. The summed E-state index contributed by atoms with van der Waals surface area (Å²) in [7, 11) is 0. The monoisotopic (exact) mass is 163 g/mol. The predicted octanol–water partition coefficient (Wildman–Crippen LogP) is -0.0327. The molecular formula is C6H5N5O. The van der Waals surface area contributed by atoms with Gasteiger partial charge in [0.05, 0.1) is 0 Å². The lowest BCUT2D eigenvalue weighted by molar-refractivity contribution is 0.474. The highest BCUT2D eigenvalue weighted by Crippen LogP contribution is 2.20. The summed E-state index contributed by atoms with van der Waals surface area (Å²) in [4.78, 5) is 3.89. The van der Waals surface area contributed by atoms with Gasteiger partial charge < -0.3 is 5.11 Å². The van der Waals surface area contributed by atoms with Crippen LogP contribution in [0.15, 0.2) is 18.3 Å². The van der Waals surface area contributed by atoms with Gasteiger partial charge in [-0.1, -0.05) is 0 Å². The van der Waals surface area contributed by atoms with Crippen LogP contribution in [0.4, 0.5) is 0 Å². The van der Waals surface area contributed by atoms with Crippen molar-refractivity contribution in [2.75, 3.05) is 0 Å². The zero-order valence-electron chi connectivity index (χ0n) is 5.97. The van der Waals surface area contributed by atoms with Crippen molar-refractivity contribution >= 4 is 0 Å². The van der Waals surface area contributed by atoms with Crippen LogP contribution in [-0.2, 0) is 0 Å². The lowest BCUT2D eigenvalue weighted by Gasteiger charge is -1.94. The Hall–Kier alpha value is -1.98. The second-order valence-corrected chi connectivity index (χ2v) is 2.11. The first-order valence-corrected chi connectivity index (χ1v) is 3.26. The quantitative estimate of drug-likeness (QED) is 0.616. The van der Waals surface area contributed by atoms with Crippen LogP contribution in [0.3, 0.4) is 0 Å². The molecule has 0 aliphatic rings. The van der Waals surface area contributed by atoms with Crippen molar-refractivity contribution in [2.45, 2.75) is 0 Å². The molecule has 2 aromatic rings. The van der Waals surface area contributed by atoms with Gasteiger partial charge >= 0.3 is 0 Å². The van der Waals surface area contributed by atoms with Crippen LogP contribution in [0.25, 0.3) is 11.5 Å². The molecule has 12 heavy (non-hydrogen) atoms. The Kier molecular flexibility index (Phi) is 1.44. The van der Waals surface area contributed by atoms with Gasteiger partial charge in [0, 0.05) is 6.20 Å². The molecule has 2 rings (SSSR count). The number of aromatic nitrogens is 5. The molecule has 6 nitrogen and oxygen atoms in total. The number of pyridine rings is 1. The van der Waals surface area contributed by atoms with E-state index in [1.54, 1.807) is 12.3 Å². The molecule has 2 N–H and O–H groups in total. The molecule has 0 amide bonds. The fraction of sp³-hybridized carbons (Fsp3) is 0. The van der Waals surface area contributed by atoms with E-state index in [9.17, 15) is 5.11 Å². The lowest BCUT2D eigenvalue weighted by Crippen LogP contribution is -1.85. The number of hydrogen-bond donors (Lipinski definition) is 2. The van der Waals surface area contributed by atoms with Crippen molar-refractivity contribution in [3.63, 3.8) is 0 Å². The van der Waals surface area contributed by atoms with Crippen molar-refractivity contribution in [1.82, 2.24) is 25.6 Å². The molecule has 0 bridgehead atoms. The summed E-state index contributed by atoms with van der Waals surface area (Å²) in [6.45, 7) is 0. The Morgan fingerprint density at radius 2 is 2.33 bits per heavy atom. The van der Waals surface area contributed by atoms with Gasteiger partial charge in [0.25, 0.3) is 0 Å². The molecule has 6 heteroatoms. The number of tetrazole rings is 1. The van der Waals surface area contributed by atoms with Gasteiger partial charge in [-0.05, 0) is 17.3 Å². The van der Waals surface area contributed by atoms with Crippen LogP contribution in [0, 0.1) is 0 Å². The fourth-order valence-corrected chi connectivity index (χ4v) is 0.831. The first-order valence-electron chi connectivity index (χ1n) is 3.26. The number of hydrogen-bond acceptors (Lipinski definition) is 5. The predicted molar refractivity (Wildman–Crippen MR) is 39.1 cm³/mol. The molecule has 0 aromatic carbocycles. The molecule has 0 atom stereocenters. The largest absolute Gasteiger partial charge is 0.506 e. The third-order valence-electron chi connectivity index (χ3n) is 1.34. The van der Waals surface area contributed by atoms with Crippen LogP contribution in [-0.4, -0.2) is 30.7 Å². The fourth-order valence-electron chi connectivity index (χ4n) is 0.831. The third-order valence-corrected chi connectivity index (χ3v) is 1.34. The molecule has 0 fully saturated rings. The van der Waals surface area contributed by atoms with E-state index in [1.165, 1.54) is 6.07 Å². The summed E-state index contributed by atoms with van der Waals surface area (Å²) in [6.07, 6.45) is 1.55. The number of nitrogens with zero attached hydrogens (tertiary/aromatic N) is 4. The zero-order chi connectivity index (χ0) is 8.39. The van der Waals surface area contributed by atoms with Crippen molar-refractivity contribution in [3.8, 4) is 17.3 Å². The third kappa shape index (κ3) is 0.986. The van der Waals surface area contributed by atoms with Crippen molar-refractivity contribution < 1.29 is 5.11 Å². The van der Waals surface area contributed by atoms with E-state index in [0.29, 0.717) is 5.69 Å². The Morgan fingerprint density at radius 1 is 1.42 bits per heavy atom. The summed E-state index contributed by atoms with van der Waals surface area (Å²) in [5.41, 5.74) is 0.325. The van der Waals surface area contributed by atoms with Gasteiger partial charge in [0.1, 0.15) is 5.75 Å². The smallest absolute Gasteiger partial charge is 0.226 e. The van der Waals surface area contributed by atoms with E-state index >= 15 is 0 Å². The Bertz CT molecular complexity index is 371. The summed E-state index contributed by atoms with van der Waals surface area (Å²) in [5, 5.41) is 22.3. The van der Waals surface area contributed by atoms with Crippen LogP contribution in [0.1, 0.15) is 0 Å².